The minimum Gasteiger partial charge on any atom is -0.374 e. The second kappa shape index (κ2) is 6.85. The molecule has 0 fully saturated rings. The fourth-order valence-electron chi connectivity index (χ4n) is 4.36. The van der Waals surface area contributed by atoms with E-state index < -0.39 is 10.0 Å². The number of carbonyl (C=O) groups excluding carboxylic acids is 1. The monoisotopic (exact) mass is 392 g/mol. The number of anilines is 2. The highest BCUT2D eigenvalue weighted by atomic mass is 32.3. The largest absolute Gasteiger partial charge is 0.374 e. The highest BCUT2D eigenvalue weighted by Crippen LogP contribution is 2.63. The number of nitrogens with zero attached hydrogens (tertiary/aromatic N) is 2. The summed E-state index contributed by atoms with van der Waals surface area (Å²) < 4.78 is 0. The van der Waals surface area contributed by atoms with E-state index in [1.807, 2.05) is 18.2 Å². The number of rotatable bonds is 5. The predicted octanol–water partition coefficient (Wildman–Crippen LogP) is 4.88. The topological polar surface area (TPSA) is 23.6 Å². The third-order valence-electron chi connectivity index (χ3n) is 5.93. The molecule has 2 aromatic carbocycles. The molecular formula is C24H28N2OS. The number of hydrogen-bond donors (Lipinski definition) is 0. The molecule has 4 heteroatoms. The highest BCUT2D eigenvalue weighted by Gasteiger charge is 2.36. The van der Waals surface area contributed by atoms with Gasteiger partial charge in [0.1, 0.15) is 0 Å². The average Bonchev–Trinajstić information content (AvgIpc) is 3.05. The summed E-state index contributed by atoms with van der Waals surface area (Å²) >= 11 is 0. The third kappa shape index (κ3) is 2.78. The zero-order chi connectivity index (χ0) is 20.1. The van der Waals surface area contributed by atoms with Crippen LogP contribution in [-0.4, -0.2) is 45.0 Å². The van der Waals surface area contributed by atoms with Gasteiger partial charge in [0, 0.05) is 59.0 Å². The molecule has 2 aromatic rings. The van der Waals surface area contributed by atoms with Gasteiger partial charge in [0.25, 0.3) is 0 Å². The lowest BCUT2D eigenvalue weighted by molar-refractivity contribution is 0.103. The van der Waals surface area contributed by atoms with E-state index in [9.17, 15) is 4.79 Å². The van der Waals surface area contributed by atoms with Crippen molar-refractivity contribution in [3.05, 3.63) is 72.3 Å². The summed E-state index contributed by atoms with van der Waals surface area (Å²) in [5, 5.41) is 0. The summed E-state index contributed by atoms with van der Waals surface area (Å²) in [6.07, 6.45) is 9.45. The van der Waals surface area contributed by atoms with Crippen LogP contribution >= 0.6 is 10.0 Å². The average molecular weight is 393 g/mol. The van der Waals surface area contributed by atoms with Crippen LogP contribution < -0.4 is 9.80 Å². The highest BCUT2D eigenvalue weighted by molar-refractivity contribution is 8.32. The maximum atomic E-state index is 13.4. The van der Waals surface area contributed by atoms with E-state index in [0.717, 1.165) is 42.9 Å². The molecule has 0 unspecified atom stereocenters. The first-order chi connectivity index (χ1) is 13.4. The Kier molecular flexibility index (Phi) is 4.62. The summed E-state index contributed by atoms with van der Waals surface area (Å²) in [7, 11) is 0.848. The first-order valence-electron chi connectivity index (χ1n) is 9.65. The lowest BCUT2D eigenvalue weighted by atomic mass is 9.99. The zero-order valence-corrected chi connectivity index (χ0v) is 17.8. The SMILES string of the molecule is C=CCN(CC=C)c1ccc2c(c1)S(C)(C)c1cc3c(cc1C2=O)CCN3C. The minimum atomic E-state index is -1.29. The van der Waals surface area contributed by atoms with Gasteiger partial charge in [-0.15, -0.1) is 13.2 Å². The molecule has 146 valence electrons. The zero-order valence-electron chi connectivity index (χ0n) is 17.0. The molecule has 0 aliphatic carbocycles. The van der Waals surface area contributed by atoms with Crippen molar-refractivity contribution < 1.29 is 4.79 Å². The van der Waals surface area contributed by atoms with Crippen molar-refractivity contribution in [2.45, 2.75) is 16.2 Å². The summed E-state index contributed by atoms with van der Waals surface area (Å²) in [5.74, 6) is 0.166. The van der Waals surface area contributed by atoms with Gasteiger partial charge in [0.2, 0.25) is 0 Å². The van der Waals surface area contributed by atoms with E-state index in [-0.39, 0.29) is 5.78 Å². The van der Waals surface area contributed by atoms with Crippen LogP contribution in [-0.2, 0) is 6.42 Å². The second-order valence-corrected chi connectivity index (χ2v) is 11.5. The fraction of sp³-hybridized carbons (Fsp3) is 0.292. The van der Waals surface area contributed by atoms with Gasteiger partial charge in [-0.05, 0) is 54.8 Å². The molecule has 0 aromatic heterocycles. The number of carbonyl (C=O) groups is 1. The summed E-state index contributed by atoms with van der Waals surface area (Å²) in [6.45, 7) is 10.3. The second-order valence-electron chi connectivity index (χ2n) is 7.97. The number of ketones is 1. The lowest BCUT2D eigenvalue weighted by Crippen LogP contribution is -2.24. The fourth-order valence-corrected chi connectivity index (χ4v) is 6.83. The molecule has 2 aliphatic rings. The van der Waals surface area contributed by atoms with Crippen molar-refractivity contribution >= 4 is 27.2 Å². The molecule has 0 amide bonds. The molecule has 0 bridgehead atoms. The van der Waals surface area contributed by atoms with Crippen molar-refractivity contribution in [3.8, 4) is 0 Å². The van der Waals surface area contributed by atoms with Crippen molar-refractivity contribution in [3.63, 3.8) is 0 Å². The molecule has 2 heterocycles. The molecular weight excluding hydrogens is 364 g/mol. The summed E-state index contributed by atoms with van der Waals surface area (Å²) in [6, 6.07) is 10.7. The number of fused-ring (bicyclic) bond motifs is 3. The quantitative estimate of drug-likeness (QED) is 0.677. The normalized spacial score (nSPS) is 17.4. The van der Waals surface area contributed by atoms with Crippen LogP contribution in [0, 0.1) is 0 Å². The van der Waals surface area contributed by atoms with Crippen molar-refractivity contribution in [1.29, 1.82) is 0 Å². The van der Waals surface area contributed by atoms with Crippen molar-refractivity contribution in [2.24, 2.45) is 0 Å². The van der Waals surface area contributed by atoms with E-state index in [1.165, 1.54) is 21.0 Å². The molecule has 0 radical (unpaired) electrons. The lowest BCUT2D eigenvalue weighted by Gasteiger charge is -2.40. The smallest absolute Gasteiger partial charge is 0.195 e. The molecule has 3 nitrogen and oxygen atoms in total. The molecule has 0 saturated heterocycles. The van der Waals surface area contributed by atoms with Gasteiger partial charge in [-0.1, -0.05) is 12.2 Å². The first-order valence-corrected chi connectivity index (χ1v) is 12.1. The van der Waals surface area contributed by atoms with Crippen LogP contribution in [0.25, 0.3) is 0 Å². The molecule has 0 atom stereocenters. The molecule has 0 saturated carbocycles. The van der Waals surface area contributed by atoms with Gasteiger partial charge in [0.15, 0.2) is 5.78 Å². The number of benzene rings is 2. The molecule has 0 spiro atoms. The van der Waals surface area contributed by atoms with Gasteiger partial charge in [-0.25, -0.2) is 0 Å². The summed E-state index contributed by atoms with van der Waals surface area (Å²) in [4.78, 5) is 20.3. The van der Waals surface area contributed by atoms with Crippen LogP contribution in [0.15, 0.2) is 65.4 Å². The first kappa shape index (κ1) is 18.9. The van der Waals surface area contributed by atoms with Crippen molar-refractivity contribution in [2.75, 3.05) is 49.0 Å². The van der Waals surface area contributed by atoms with E-state index in [0.29, 0.717) is 0 Å². The van der Waals surface area contributed by atoms with Gasteiger partial charge < -0.3 is 9.80 Å². The van der Waals surface area contributed by atoms with E-state index in [1.54, 1.807) is 0 Å². The Morgan fingerprint density at radius 3 is 2.43 bits per heavy atom. The third-order valence-corrected chi connectivity index (χ3v) is 8.80. The maximum absolute atomic E-state index is 13.4. The standard InChI is InChI=1S/C24H28N2OS/c1-6-11-26(12-7-2)18-8-9-19-22(15-18)28(4,5)23-16-21-17(10-13-25(21)3)14-20(23)24(19)27/h6-9,14-16H,1-2,10-13H2,3-5H3. The Labute approximate surface area is 169 Å². The van der Waals surface area contributed by atoms with Crippen LogP contribution in [0.2, 0.25) is 0 Å². The molecule has 2 aliphatic heterocycles. The Morgan fingerprint density at radius 1 is 1.07 bits per heavy atom. The maximum Gasteiger partial charge on any atom is 0.195 e. The Balaban J connectivity index is 1.87. The number of likely N-dealkylation sites (N-methyl/N-ethyl adjacent to an activating group) is 1. The molecule has 28 heavy (non-hydrogen) atoms. The minimum absolute atomic E-state index is 0.166. The van der Waals surface area contributed by atoms with Gasteiger partial charge in [-0.3, -0.25) is 4.79 Å². The van der Waals surface area contributed by atoms with Crippen LogP contribution in [0.4, 0.5) is 11.4 Å². The Morgan fingerprint density at radius 2 is 1.75 bits per heavy atom. The van der Waals surface area contributed by atoms with Crippen LogP contribution in [0.3, 0.4) is 0 Å². The van der Waals surface area contributed by atoms with Gasteiger partial charge in [-0.2, -0.15) is 10.0 Å². The van der Waals surface area contributed by atoms with E-state index in [4.69, 9.17) is 0 Å². The van der Waals surface area contributed by atoms with E-state index in [2.05, 4.69) is 66.8 Å². The van der Waals surface area contributed by atoms with E-state index >= 15 is 0 Å². The van der Waals surface area contributed by atoms with Gasteiger partial charge in [0.05, 0.1) is 0 Å². The Hall–Kier alpha value is -2.46. The molecule has 4 rings (SSSR count). The van der Waals surface area contributed by atoms with Crippen LogP contribution in [0.1, 0.15) is 21.5 Å². The molecule has 0 N–H and O–H groups in total. The van der Waals surface area contributed by atoms with Crippen molar-refractivity contribution in [1.82, 2.24) is 0 Å². The summed E-state index contributed by atoms with van der Waals surface area (Å²) in [5.41, 5.74) is 5.47. The Bertz CT molecular complexity index is 982. The number of hydrogen-bond acceptors (Lipinski definition) is 3. The van der Waals surface area contributed by atoms with Crippen LogP contribution in [0.5, 0.6) is 0 Å². The van der Waals surface area contributed by atoms with Gasteiger partial charge >= 0.3 is 0 Å². The predicted molar refractivity (Wildman–Crippen MR) is 122 cm³/mol.